The number of nitrogens with zero attached hydrogens (tertiary/aromatic N) is 1. The fourth-order valence-electron chi connectivity index (χ4n) is 1.05. The van der Waals surface area contributed by atoms with Crippen LogP contribution in [0.15, 0.2) is 24.3 Å². The second kappa shape index (κ2) is 5.25. The molecule has 0 heterocycles. The molecule has 3 heteroatoms. The third kappa shape index (κ3) is 3.36. The Labute approximate surface area is 90.0 Å². The van der Waals surface area contributed by atoms with Crippen LogP contribution < -0.4 is 0 Å². The quantitative estimate of drug-likeness (QED) is 0.866. The first-order valence-corrected chi connectivity index (χ1v) is 4.06. The summed E-state index contributed by atoms with van der Waals surface area (Å²) < 4.78 is 0. The van der Waals surface area contributed by atoms with E-state index in [0.717, 1.165) is 0 Å². The van der Waals surface area contributed by atoms with E-state index >= 15 is 0 Å². The number of aromatic hydroxyl groups is 1. The number of hydrogen-bond donors (Lipinski definition) is 1. The maximum absolute atomic E-state index is 9.06. The third-order valence-corrected chi connectivity index (χ3v) is 2.15. The van der Waals surface area contributed by atoms with Crippen LogP contribution in [0.25, 0.3) is 0 Å². The molecule has 0 saturated carbocycles. The van der Waals surface area contributed by atoms with Crippen molar-refractivity contribution in [2.45, 2.75) is 13.0 Å². The van der Waals surface area contributed by atoms with Gasteiger partial charge in [-0.1, -0.05) is 12.1 Å². The van der Waals surface area contributed by atoms with Crippen LogP contribution in [0, 0.1) is 0 Å². The first-order chi connectivity index (χ1) is 5.61. The average molecular weight is 246 g/mol. The van der Waals surface area contributed by atoms with Crippen LogP contribution in [-0.2, 0) is 0 Å². The van der Waals surface area contributed by atoms with Gasteiger partial charge in [0.05, 0.1) is 0 Å². The first kappa shape index (κ1) is 12.5. The van der Waals surface area contributed by atoms with Crippen LogP contribution in [-0.4, -0.2) is 24.1 Å². The van der Waals surface area contributed by atoms with Gasteiger partial charge in [-0.3, -0.25) is 0 Å². The van der Waals surface area contributed by atoms with Crippen molar-refractivity contribution in [1.29, 1.82) is 0 Å². The van der Waals surface area contributed by atoms with Gasteiger partial charge in [0.25, 0.3) is 0 Å². The monoisotopic (exact) mass is 245 g/mol. The normalized spacial score (nSPS) is 12.3. The van der Waals surface area contributed by atoms with Gasteiger partial charge in [0.2, 0.25) is 0 Å². The summed E-state index contributed by atoms with van der Waals surface area (Å²) in [5, 5.41) is 9.06. The summed E-state index contributed by atoms with van der Waals surface area (Å²) in [6.45, 7) is 2.13. The predicted octanol–water partition coefficient (Wildman–Crippen LogP) is 2.59. The highest BCUT2D eigenvalue weighted by molar-refractivity contribution is 8.93. The Morgan fingerprint density at radius 3 is 2.00 bits per heavy atom. The molecular weight excluding hydrogens is 230 g/mol. The zero-order chi connectivity index (χ0) is 9.14. The van der Waals surface area contributed by atoms with E-state index in [1.54, 1.807) is 12.1 Å². The molecule has 1 aromatic rings. The van der Waals surface area contributed by atoms with E-state index < -0.39 is 0 Å². The van der Waals surface area contributed by atoms with Gasteiger partial charge < -0.3 is 10.0 Å². The zero-order valence-corrected chi connectivity index (χ0v) is 9.90. The van der Waals surface area contributed by atoms with Crippen molar-refractivity contribution >= 4 is 17.0 Å². The Morgan fingerprint density at radius 1 is 1.15 bits per heavy atom. The average Bonchev–Trinajstić information content (AvgIpc) is 2.04. The smallest absolute Gasteiger partial charge is 0.115 e. The highest BCUT2D eigenvalue weighted by Crippen LogP contribution is 2.19. The van der Waals surface area contributed by atoms with E-state index in [0.29, 0.717) is 11.8 Å². The van der Waals surface area contributed by atoms with Gasteiger partial charge in [-0.05, 0) is 38.7 Å². The molecule has 1 N–H and O–H groups in total. The summed E-state index contributed by atoms with van der Waals surface area (Å²) >= 11 is 0. The van der Waals surface area contributed by atoms with E-state index in [4.69, 9.17) is 5.11 Å². The highest BCUT2D eigenvalue weighted by atomic mass is 79.9. The molecule has 0 saturated heterocycles. The molecule has 0 bridgehead atoms. The Hall–Kier alpha value is -0.540. The number of hydrogen-bond acceptors (Lipinski definition) is 2. The van der Waals surface area contributed by atoms with Crippen molar-refractivity contribution in [3.05, 3.63) is 29.8 Å². The van der Waals surface area contributed by atoms with Crippen molar-refractivity contribution in [3.63, 3.8) is 0 Å². The van der Waals surface area contributed by atoms with Crippen molar-refractivity contribution in [2.24, 2.45) is 0 Å². The number of phenolic OH excluding ortho intramolecular Hbond substituents is 1. The fraction of sp³-hybridized carbons (Fsp3) is 0.400. The minimum Gasteiger partial charge on any atom is -0.508 e. The van der Waals surface area contributed by atoms with Crippen LogP contribution in [0.2, 0.25) is 0 Å². The van der Waals surface area contributed by atoms with E-state index in [2.05, 4.69) is 11.8 Å². The summed E-state index contributed by atoms with van der Waals surface area (Å²) in [6, 6.07) is 7.72. The molecule has 0 spiro atoms. The molecule has 0 aliphatic carbocycles. The lowest BCUT2D eigenvalue weighted by Gasteiger charge is -2.19. The maximum Gasteiger partial charge on any atom is 0.115 e. The van der Waals surface area contributed by atoms with Gasteiger partial charge in [-0.2, -0.15) is 0 Å². The number of halogens is 1. The molecular formula is C10H16BrNO. The van der Waals surface area contributed by atoms with Gasteiger partial charge in [0.15, 0.2) is 0 Å². The van der Waals surface area contributed by atoms with Gasteiger partial charge in [-0.25, -0.2) is 0 Å². The van der Waals surface area contributed by atoms with Gasteiger partial charge >= 0.3 is 0 Å². The lowest BCUT2D eigenvalue weighted by Crippen LogP contribution is -2.16. The minimum atomic E-state index is 0. The maximum atomic E-state index is 9.06. The van der Waals surface area contributed by atoms with Gasteiger partial charge in [0.1, 0.15) is 5.75 Å². The Morgan fingerprint density at radius 2 is 1.62 bits per heavy atom. The number of phenols is 1. The second-order valence-corrected chi connectivity index (χ2v) is 3.23. The summed E-state index contributed by atoms with van der Waals surface area (Å²) in [5.74, 6) is 0.324. The van der Waals surface area contributed by atoms with Crippen LogP contribution in [0.5, 0.6) is 5.75 Å². The SMILES string of the molecule is Br.CC(c1ccc(O)cc1)N(C)C. The molecule has 74 valence electrons. The minimum absolute atomic E-state index is 0. The predicted molar refractivity (Wildman–Crippen MR) is 60.5 cm³/mol. The first-order valence-electron chi connectivity index (χ1n) is 4.06. The molecule has 0 aliphatic rings. The number of rotatable bonds is 2. The summed E-state index contributed by atoms with van der Waals surface area (Å²) in [7, 11) is 4.08. The molecule has 0 fully saturated rings. The Bertz CT molecular complexity index is 246. The molecule has 1 unspecified atom stereocenters. The number of benzene rings is 1. The molecule has 1 aromatic carbocycles. The van der Waals surface area contributed by atoms with Crippen molar-refractivity contribution in [1.82, 2.24) is 4.90 Å². The molecule has 1 rings (SSSR count). The van der Waals surface area contributed by atoms with Gasteiger partial charge in [0, 0.05) is 6.04 Å². The second-order valence-electron chi connectivity index (χ2n) is 3.23. The van der Waals surface area contributed by atoms with Crippen LogP contribution in [0.1, 0.15) is 18.5 Å². The van der Waals surface area contributed by atoms with E-state index in [9.17, 15) is 0 Å². The molecule has 2 nitrogen and oxygen atoms in total. The summed E-state index contributed by atoms with van der Waals surface area (Å²) in [5.41, 5.74) is 1.22. The molecule has 13 heavy (non-hydrogen) atoms. The topological polar surface area (TPSA) is 23.5 Å². The lowest BCUT2D eigenvalue weighted by molar-refractivity contribution is 0.321. The molecule has 0 aliphatic heterocycles. The standard InChI is InChI=1S/C10H15NO.BrH/c1-8(11(2)3)9-4-6-10(12)7-5-9;/h4-8,12H,1-3H3;1H. The molecule has 0 amide bonds. The lowest BCUT2D eigenvalue weighted by atomic mass is 10.1. The van der Waals surface area contributed by atoms with Crippen molar-refractivity contribution < 1.29 is 5.11 Å². The van der Waals surface area contributed by atoms with Crippen molar-refractivity contribution in [3.8, 4) is 5.75 Å². The van der Waals surface area contributed by atoms with Crippen LogP contribution >= 0.6 is 17.0 Å². The molecule has 0 radical (unpaired) electrons. The van der Waals surface area contributed by atoms with Crippen LogP contribution in [0.4, 0.5) is 0 Å². The Balaban J connectivity index is 0.00000144. The molecule has 0 aromatic heterocycles. The van der Waals surface area contributed by atoms with E-state index in [1.807, 2.05) is 26.2 Å². The Kier molecular flexibility index (Phi) is 5.03. The fourth-order valence-corrected chi connectivity index (χ4v) is 1.05. The van der Waals surface area contributed by atoms with E-state index in [-0.39, 0.29) is 17.0 Å². The molecule has 1 atom stereocenters. The van der Waals surface area contributed by atoms with Crippen LogP contribution in [0.3, 0.4) is 0 Å². The van der Waals surface area contributed by atoms with Gasteiger partial charge in [-0.15, -0.1) is 17.0 Å². The summed E-state index contributed by atoms with van der Waals surface area (Å²) in [4.78, 5) is 2.13. The third-order valence-electron chi connectivity index (χ3n) is 2.15. The largest absolute Gasteiger partial charge is 0.508 e. The van der Waals surface area contributed by atoms with Crippen molar-refractivity contribution in [2.75, 3.05) is 14.1 Å². The van der Waals surface area contributed by atoms with E-state index in [1.165, 1.54) is 5.56 Å². The zero-order valence-electron chi connectivity index (χ0n) is 8.19. The summed E-state index contributed by atoms with van der Waals surface area (Å²) in [6.07, 6.45) is 0. The highest BCUT2D eigenvalue weighted by Gasteiger charge is 2.06.